The van der Waals surface area contributed by atoms with E-state index in [1.165, 1.54) is 0 Å². The van der Waals surface area contributed by atoms with Gasteiger partial charge in [-0.25, -0.2) is 0 Å². The lowest BCUT2D eigenvalue weighted by atomic mass is 9.91. The van der Waals surface area contributed by atoms with Gasteiger partial charge in [-0.2, -0.15) is 0 Å². The van der Waals surface area contributed by atoms with E-state index < -0.39 is 5.60 Å². The molecule has 0 amide bonds. The summed E-state index contributed by atoms with van der Waals surface area (Å²) in [6.07, 6.45) is 1.69. The predicted molar refractivity (Wildman–Crippen MR) is 57.0 cm³/mol. The summed E-state index contributed by atoms with van der Waals surface area (Å²) < 4.78 is 10.5. The van der Waals surface area contributed by atoms with Crippen LogP contribution in [0.3, 0.4) is 0 Å². The molecule has 1 N–H and O–H groups in total. The minimum Gasteiger partial charge on any atom is -0.454 e. The second-order valence-corrected chi connectivity index (χ2v) is 4.09. The number of hydrogen-bond donors (Lipinski definition) is 1. The van der Waals surface area contributed by atoms with Crippen molar-refractivity contribution in [3.8, 4) is 11.5 Å². The predicted octanol–water partition coefficient (Wildman–Crippen LogP) is 2.42. The highest BCUT2D eigenvalue weighted by molar-refractivity contribution is 5.45. The Morgan fingerprint density at radius 2 is 2.07 bits per heavy atom. The number of aliphatic hydroxyl groups is 1. The van der Waals surface area contributed by atoms with Gasteiger partial charge >= 0.3 is 0 Å². The van der Waals surface area contributed by atoms with Gasteiger partial charge in [-0.15, -0.1) is 0 Å². The van der Waals surface area contributed by atoms with Crippen LogP contribution in [0.1, 0.15) is 32.3 Å². The van der Waals surface area contributed by atoms with Crippen LogP contribution in [-0.2, 0) is 5.60 Å². The fourth-order valence-corrected chi connectivity index (χ4v) is 1.86. The highest BCUT2D eigenvalue weighted by Crippen LogP contribution is 2.36. The molecule has 0 bridgehead atoms. The number of ether oxygens (including phenoxy) is 2. The minimum absolute atomic E-state index is 0.273. The molecule has 1 aliphatic heterocycles. The van der Waals surface area contributed by atoms with E-state index in [2.05, 4.69) is 6.92 Å². The maximum Gasteiger partial charge on any atom is 0.231 e. The normalized spacial score (nSPS) is 17.5. The van der Waals surface area contributed by atoms with E-state index in [1.807, 2.05) is 25.1 Å². The maximum absolute atomic E-state index is 10.2. The molecule has 0 saturated carbocycles. The van der Waals surface area contributed by atoms with E-state index in [0.29, 0.717) is 0 Å². The third kappa shape index (κ3) is 1.92. The van der Waals surface area contributed by atoms with Crippen molar-refractivity contribution in [2.75, 3.05) is 6.79 Å². The van der Waals surface area contributed by atoms with Gasteiger partial charge in [0.1, 0.15) is 0 Å². The van der Waals surface area contributed by atoms with Gasteiger partial charge in [-0.1, -0.05) is 19.4 Å². The highest BCUT2D eigenvalue weighted by Gasteiger charge is 2.24. The van der Waals surface area contributed by atoms with Crippen LogP contribution in [0.2, 0.25) is 0 Å². The first-order chi connectivity index (χ1) is 7.13. The van der Waals surface area contributed by atoms with Crippen molar-refractivity contribution in [1.29, 1.82) is 0 Å². The third-order valence-corrected chi connectivity index (χ3v) is 2.73. The van der Waals surface area contributed by atoms with Crippen molar-refractivity contribution in [2.45, 2.75) is 32.3 Å². The van der Waals surface area contributed by atoms with Gasteiger partial charge in [0.2, 0.25) is 6.79 Å². The van der Waals surface area contributed by atoms with Crippen LogP contribution < -0.4 is 9.47 Å². The van der Waals surface area contributed by atoms with Crippen LogP contribution in [0.5, 0.6) is 11.5 Å². The molecule has 0 aliphatic carbocycles. The number of rotatable bonds is 3. The lowest BCUT2D eigenvalue weighted by molar-refractivity contribution is 0.0467. The van der Waals surface area contributed by atoms with Gasteiger partial charge < -0.3 is 14.6 Å². The fraction of sp³-hybridized carbons (Fsp3) is 0.500. The van der Waals surface area contributed by atoms with E-state index in [0.717, 1.165) is 29.9 Å². The molecule has 1 aromatic carbocycles. The summed E-state index contributed by atoms with van der Waals surface area (Å²) in [5, 5.41) is 10.2. The van der Waals surface area contributed by atoms with Crippen LogP contribution >= 0.6 is 0 Å². The Morgan fingerprint density at radius 3 is 2.80 bits per heavy atom. The molecule has 0 aromatic heterocycles. The first kappa shape index (κ1) is 10.3. The molecule has 0 saturated heterocycles. The molecular formula is C12H16O3. The van der Waals surface area contributed by atoms with E-state index >= 15 is 0 Å². The van der Waals surface area contributed by atoms with E-state index in [9.17, 15) is 5.11 Å². The number of fused-ring (bicyclic) bond motifs is 1. The smallest absolute Gasteiger partial charge is 0.231 e. The molecule has 2 rings (SSSR count). The quantitative estimate of drug-likeness (QED) is 0.829. The summed E-state index contributed by atoms with van der Waals surface area (Å²) in [4.78, 5) is 0. The molecule has 1 aliphatic rings. The molecule has 0 fully saturated rings. The summed E-state index contributed by atoms with van der Waals surface area (Å²) in [5.74, 6) is 1.48. The SMILES string of the molecule is CCC[C@](C)(O)c1ccc2c(c1)OCO2. The largest absolute Gasteiger partial charge is 0.454 e. The van der Waals surface area contributed by atoms with Crippen LogP contribution in [0.4, 0.5) is 0 Å². The van der Waals surface area contributed by atoms with Gasteiger partial charge in [-0.3, -0.25) is 0 Å². The van der Waals surface area contributed by atoms with Gasteiger partial charge in [0.15, 0.2) is 11.5 Å². The summed E-state index contributed by atoms with van der Waals surface area (Å²) >= 11 is 0. The molecule has 0 unspecified atom stereocenters. The van der Waals surface area contributed by atoms with Crippen molar-refractivity contribution >= 4 is 0 Å². The summed E-state index contributed by atoms with van der Waals surface area (Å²) in [6.45, 7) is 4.16. The summed E-state index contributed by atoms with van der Waals surface area (Å²) in [7, 11) is 0. The lowest BCUT2D eigenvalue weighted by Gasteiger charge is -2.23. The van der Waals surface area contributed by atoms with E-state index in [-0.39, 0.29) is 6.79 Å². The molecule has 15 heavy (non-hydrogen) atoms. The molecule has 0 spiro atoms. The Labute approximate surface area is 89.6 Å². The Hall–Kier alpha value is -1.22. The van der Waals surface area contributed by atoms with Gasteiger partial charge in [0.05, 0.1) is 5.60 Å². The minimum atomic E-state index is -0.782. The standard InChI is InChI=1S/C12H16O3/c1-3-6-12(2,13)9-4-5-10-11(7-9)15-8-14-10/h4-5,7,13H,3,6,8H2,1-2H3/t12-/m0/s1. The molecule has 1 atom stereocenters. The molecule has 0 radical (unpaired) electrons. The third-order valence-electron chi connectivity index (χ3n) is 2.73. The first-order valence-corrected chi connectivity index (χ1v) is 5.26. The second-order valence-electron chi connectivity index (χ2n) is 4.09. The fourth-order valence-electron chi connectivity index (χ4n) is 1.86. The first-order valence-electron chi connectivity index (χ1n) is 5.26. The Bertz CT molecular complexity index is 358. The number of hydrogen-bond acceptors (Lipinski definition) is 3. The van der Waals surface area contributed by atoms with Crippen LogP contribution in [0.25, 0.3) is 0 Å². The van der Waals surface area contributed by atoms with Crippen LogP contribution in [0, 0.1) is 0 Å². The Morgan fingerprint density at radius 1 is 1.33 bits per heavy atom. The van der Waals surface area contributed by atoms with E-state index in [1.54, 1.807) is 0 Å². The topological polar surface area (TPSA) is 38.7 Å². The lowest BCUT2D eigenvalue weighted by Crippen LogP contribution is -2.20. The monoisotopic (exact) mass is 208 g/mol. The van der Waals surface area contributed by atoms with Gasteiger partial charge in [-0.05, 0) is 31.0 Å². The van der Waals surface area contributed by atoms with Crippen molar-refractivity contribution in [2.24, 2.45) is 0 Å². The zero-order valence-electron chi connectivity index (χ0n) is 9.12. The molecule has 1 heterocycles. The Kier molecular flexibility index (Phi) is 2.57. The molecule has 82 valence electrons. The molecule has 1 aromatic rings. The average Bonchev–Trinajstić information content (AvgIpc) is 2.63. The zero-order valence-corrected chi connectivity index (χ0v) is 9.12. The van der Waals surface area contributed by atoms with E-state index in [4.69, 9.17) is 9.47 Å². The van der Waals surface area contributed by atoms with Crippen LogP contribution in [-0.4, -0.2) is 11.9 Å². The summed E-state index contributed by atoms with van der Waals surface area (Å²) in [5.41, 5.74) is 0.101. The van der Waals surface area contributed by atoms with Crippen molar-refractivity contribution < 1.29 is 14.6 Å². The summed E-state index contributed by atoms with van der Waals surface area (Å²) in [6, 6.07) is 5.60. The van der Waals surface area contributed by atoms with Crippen molar-refractivity contribution in [1.82, 2.24) is 0 Å². The Balaban J connectivity index is 2.29. The second kappa shape index (κ2) is 3.74. The zero-order chi connectivity index (χ0) is 10.9. The highest BCUT2D eigenvalue weighted by atomic mass is 16.7. The van der Waals surface area contributed by atoms with Crippen molar-refractivity contribution in [3.05, 3.63) is 23.8 Å². The molecule has 3 heteroatoms. The van der Waals surface area contributed by atoms with Crippen molar-refractivity contribution in [3.63, 3.8) is 0 Å². The van der Waals surface area contributed by atoms with Crippen LogP contribution in [0.15, 0.2) is 18.2 Å². The van der Waals surface area contributed by atoms with Gasteiger partial charge in [0, 0.05) is 0 Å². The molecular weight excluding hydrogens is 192 g/mol. The maximum atomic E-state index is 10.2. The number of benzene rings is 1. The average molecular weight is 208 g/mol. The molecule has 3 nitrogen and oxygen atoms in total. The van der Waals surface area contributed by atoms with Gasteiger partial charge in [0.25, 0.3) is 0 Å².